The summed E-state index contributed by atoms with van der Waals surface area (Å²) in [6.45, 7) is 2.03. The summed E-state index contributed by atoms with van der Waals surface area (Å²) in [5.74, 6) is 0.558. The lowest BCUT2D eigenvalue weighted by molar-refractivity contribution is 0.872. The van der Waals surface area contributed by atoms with E-state index in [1.807, 2.05) is 18.4 Å². The predicted molar refractivity (Wildman–Crippen MR) is 68.9 cm³/mol. The van der Waals surface area contributed by atoms with E-state index in [1.165, 1.54) is 11.9 Å². The van der Waals surface area contributed by atoms with Crippen LogP contribution < -0.4 is 10.9 Å². The van der Waals surface area contributed by atoms with Gasteiger partial charge < -0.3 is 10.3 Å². The van der Waals surface area contributed by atoms with Gasteiger partial charge in [0.25, 0.3) is 5.56 Å². The Kier molecular flexibility index (Phi) is 3.40. The minimum absolute atomic E-state index is 0.122. The summed E-state index contributed by atoms with van der Waals surface area (Å²) in [5.41, 5.74) is 0.994. The van der Waals surface area contributed by atoms with E-state index < -0.39 is 0 Å². The van der Waals surface area contributed by atoms with Gasteiger partial charge in [0.1, 0.15) is 10.3 Å². The number of hydrogen-bond acceptors (Lipinski definition) is 4. The molecule has 0 amide bonds. The summed E-state index contributed by atoms with van der Waals surface area (Å²) in [7, 11) is 0. The van der Waals surface area contributed by atoms with Crippen LogP contribution in [0.2, 0.25) is 0 Å². The second kappa shape index (κ2) is 4.80. The summed E-state index contributed by atoms with van der Waals surface area (Å²) in [6.07, 6.45) is 1.38. The van der Waals surface area contributed by atoms with E-state index in [0.717, 1.165) is 0 Å². The third-order valence-electron chi connectivity index (χ3n) is 2.19. The molecular formula is C10H10BrN3OS. The average molecular weight is 300 g/mol. The molecule has 2 rings (SSSR count). The number of rotatable bonds is 3. The summed E-state index contributed by atoms with van der Waals surface area (Å²) < 4.78 is 0.428. The van der Waals surface area contributed by atoms with Crippen molar-refractivity contribution in [3.8, 4) is 0 Å². The maximum atomic E-state index is 11.3. The number of hydrogen-bond donors (Lipinski definition) is 2. The van der Waals surface area contributed by atoms with Crippen molar-refractivity contribution in [3.05, 3.63) is 43.5 Å². The highest BCUT2D eigenvalue weighted by atomic mass is 79.9. The van der Waals surface area contributed by atoms with Gasteiger partial charge in [-0.05, 0) is 45.2 Å². The van der Waals surface area contributed by atoms with E-state index >= 15 is 0 Å². The number of nitrogens with one attached hydrogen (secondary N) is 2. The molecule has 4 nitrogen and oxygen atoms in total. The topological polar surface area (TPSA) is 57.8 Å². The first kappa shape index (κ1) is 11.3. The van der Waals surface area contributed by atoms with E-state index in [2.05, 4.69) is 36.6 Å². The van der Waals surface area contributed by atoms with Crippen molar-refractivity contribution in [2.45, 2.75) is 13.0 Å². The molecule has 0 spiro atoms. The fourth-order valence-corrected chi connectivity index (χ4v) is 2.38. The number of aromatic nitrogens is 2. The Morgan fingerprint density at radius 1 is 1.62 bits per heavy atom. The molecule has 6 heteroatoms. The number of halogens is 1. The van der Waals surface area contributed by atoms with E-state index in [-0.39, 0.29) is 11.6 Å². The van der Waals surface area contributed by atoms with Gasteiger partial charge in [0.05, 0.1) is 12.4 Å². The Bertz CT molecular complexity index is 523. The van der Waals surface area contributed by atoms with Gasteiger partial charge in [-0.25, -0.2) is 4.98 Å². The fraction of sp³-hybridized carbons (Fsp3) is 0.200. The zero-order valence-electron chi connectivity index (χ0n) is 8.53. The minimum atomic E-state index is -0.185. The highest BCUT2D eigenvalue weighted by Gasteiger charge is 2.10. The smallest absolute Gasteiger partial charge is 0.267 e. The maximum Gasteiger partial charge on any atom is 0.267 e. The van der Waals surface area contributed by atoms with Gasteiger partial charge in [-0.2, -0.15) is 11.3 Å². The van der Waals surface area contributed by atoms with Crippen LogP contribution in [0.4, 0.5) is 5.82 Å². The van der Waals surface area contributed by atoms with Crippen LogP contribution in [-0.2, 0) is 0 Å². The fourth-order valence-electron chi connectivity index (χ4n) is 1.29. The molecule has 0 saturated carbocycles. The molecular weight excluding hydrogens is 290 g/mol. The average Bonchev–Trinajstić information content (AvgIpc) is 2.78. The largest absolute Gasteiger partial charge is 0.362 e. The van der Waals surface area contributed by atoms with Gasteiger partial charge >= 0.3 is 0 Å². The van der Waals surface area contributed by atoms with Crippen molar-refractivity contribution >= 4 is 33.1 Å². The van der Waals surface area contributed by atoms with Gasteiger partial charge in [0.15, 0.2) is 0 Å². The third-order valence-corrected chi connectivity index (χ3v) is 3.63. The van der Waals surface area contributed by atoms with Crippen LogP contribution in [0.25, 0.3) is 0 Å². The molecule has 0 fully saturated rings. The van der Waals surface area contributed by atoms with E-state index in [0.29, 0.717) is 10.3 Å². The van der Waals surface area contributed by atoms with Gasteiger partial charge in [-0.1, -0.05) is 0 Å². The number of anilines is 1. The first-order valence-corrected chi connectivity index (χ1v) is 6.44. The first-order chi connectivity index (χ1) is 7.68. The van der Waals surface area contributed by atoms with Gasteiger partial charge in [-0.3, -0.25) is 4.79 Å². The van der Waals surface area contributed by atoms with Gasteiger partial charge in [-0.15, -0.1) is 0 Å². The minimum Gasteiger partial charge on any atom is -0.362 e. The second-order valence-electron chi connectivity index (χ2n) is 3.32. The molecule has 0 saturated heterocycles. The quantitative estimate of drug-likeness (QED) is 0.916. The third kappa shape index (κ3) is 2.33. The zero-order chi connectivity index (χ0) is 11.5. The maximum absolute atomic E-state index is 11.3. The lowest BCUT2D eigenvalue weighted by atomic mass is 10.2. The van der Waals surface area contributed by atoms with Crippen molar-refractivity contribution in [1.82, 2.24) is 9.97 Å². The molecule has 0 bridgehead atoms. The van der Waals surface area contributed by atoms with Crippen LogP contribution in [-0.4, -0.2) is 9.97 Å². The highest BCUT2D eigenvalue weighted by molar-refractivity contribution is 9.10. The van der Waals surface area contributed by atoms with Crippen molar-refractivity contribution in [2.24, 2.45) is 0 Å². The highest BCUT2D eigenvalue weighted by Crippen LogP contribution is 2.22. The van der Waals surface area contributed by atoms with Crippen LogP contribution in [0.1, 0.15) is 18.5 Å². The normalized spacial score (nSPS) is 12.4. The van der Waals surface area contributed by atoms with Crippen LogP contribution in [0, 0.1) is 0 Å². The standard InChI is InChI=1S/C10H10BrN3OS/c1-6(7-2-3-16-4-7)14-9-8(11)10(15)13-5-12-9/h2-6H,1H3,(H2,12,13,14,15). The molecule has 0 aliphatic rings. The molecule has 2 heterocycles. The van der Waals surface area contributed by atoms with E-state index in [4.69, 9.17) is 0 Å². The summed E-state index contributed by atoms with van der Waals surface area (Å²) in [5, 5.41) is 7.27. The molecule has 2 aromatic rings. The van der Waals surface area contributed by atoms with Crippen LogP contribution in [0.3, 0.4) is 0 Å². The SMILES string of the molecule is CC(Nc1nc[nH]c(=O)c1Br)c1ccsc1. The van der Waals surface area contributed by atoms with Gasteiger partial charge in [0, 0.05) is 0 Å². The monoisotopic (exact) mass is 299 g/mol. The zero-order valence-corrected chi connectivity index (χ0v) is 10.9. The first-order valence-electron chi connectivity index (χ1n) is 4.70. The Hall–Kier alpha value is -1.14. The summed E-state index contributed by atoms with van der Waals surface area (Å²) in [4.78, 5) is 17.9. The summed E-state index contributed by atoms with van der Waals surface area (Å²) in [6, 6.07) is 2.17. The number of H-pyrrole nitrogens is 1. The molecule has 84 valence electrons. The Balaban J connectivity index is 2.21. The van der Waals surface area contributed by atoms with E-state index in [9.17, 15) is 4.79 Å². The van der Waals surface area contributed by atoms with Crippen LogP contribution in [0.5, 0.6) is 0 Å². The Labute approximate surface area is 105 Å². The van der Waals surface area contributed by atoms with Crippen LogP contribution in [0.15, 0.2) is 32.4 Å². The molecule has 1 unspecified atom stereocenters. The van der Waals surface area contributed by atoms with Crippen molar-refractivity contribution in [1.29, 1.82) is 0 Å². The van der Waals surface area contributed by atoms with E-state index in [1.54, 1.807) is 11.3 Å². The van der Waals surface area contributed by atoms with Crippen molar-refractivity contribution in [3.63, 3.8) is 0 Å². The molecule has 0 aliphatic heterocycles. The molecule has 2 N–H and O–H groups in total. The molecule has 0 aliphatic carbocycles. The van der Waals surface area contributed by atoms with Crippen LogP contribution >= 0.6 is 27.3 Å². The lowest BCUT2D eigenvalue weighted by Gasteiger charge is -2.13. The molecule has 0 aromatic carbocycles. The lowest BCUT2D eigenvalue weighted by Crippen LogP contribution is -2.14. The van der Waals surface area contributed by atoms with Crippen molar-refractivity contribution in [2.75, 3.05) is 5.32 Å². The Morgan fingerprint density at radius 2 is 2.44 bits per heavy atom. The number of thiophene rings is 1. The second-order valence-corrected chi connectivity index (χ2v) is 4.89. The molecule has 2 aromatic heterocycles. The Morgan fingerprint density at radius 3 is 3.12 bits per heavy atom. The predicted octanol–water partition coefficient (Wildman–Crippen LogP) is 2.77. The van der Waals surface area contributed by atoms with Gasteiger partial charge in [0.2, 0.25) is 0 Å². The number of aromatic amines is 1. The van der Waals surface area contributed by atoms with Crippen molar-refractivity contribution < 1.29 is 0 Å². The number of nitrogens with zero attached hydrogens (tertiary/aromatic N) is 1. The molecule has 0 radical (unpaired) electrons. The summed E-state index contributed by atoms with van der Waals surface area (Å²) >= 11 is 4.85. The molecule has 16 heavy (non-hydrogen) atoms. The molecule has 1 atom stereocenters.